The Kier molecular flexibility index (Phi) is 5.63. The maximum absolute atomic E-state index is 12.9. The number of alkyl halides is 3. The van der Waals surface area contributed by atoms with Crippen LogP contribution in [0.1, 0.15) is 27.0 Å². The van der Waals surface area contributed by atoms with Gasteiger partial charge in [0.15, 0.2) is 0 Å². The first kappa shape index (κ1) is 18.3. The zero-order chi connectivity index (χ0) is 18.4. The Labute approximate surface area is 141 Å². The Hall–Kier alpha value is -3.03. The van der Waals surface area contributed by atoms with Gasteiger partial charge in [0.2, 0.25) is 0 Å². The van der Waals surface area contributed by atoms with Gasteiger partial charge in [0.25, 0.3) is 0 Å². The minimum atomic E-state index is -4.52. The van der Waals surface area contributed by atoms with Crippen LogP contribution < -0.4 is 11.1 Å². The Bertz CT molecular complexity index is 758. The molecule has 0 unspecified atom stereocenters. The second-order valence-corrected chi connectivity index (χ2v) is 5.15. The molecule has 0 aromatic heterocycles. The SMILES string of the molecule is NC(=O)NCc1ccc(C(=O)OCc2ccccc2C(F)(F)F)cc1. The fourth-order valence-electron chi connectivity index (χ4n) is 2.10. The Morgan fingerprint density at radius 2 is 1.68 bits per heavy atom. The van der Waals surface area contributed by atoms with Crippen LogP contribution >= 0.6 is 0 Å². The van der Waals surface area contributed by atoms with Crippen molar-refractivity contribution in [2.24, 2.45) is 5.73 Å². The molecule has 2 aromatic carbocycles. The number of urea groups is 1. The molecule has 2 amide bonds. The summed E-state index contributed by atoms with van der Waals surface area (Å²) in [5, 5.41) is 2.39. The van der Waals surface area contributed by atoms with Gasteiger partial charge in [-0.2, -0.15) is 13.2 Å². The smallest absolute Gasteiger partial charge is 0.416 e. The number of primary amides is 1. The zero-order valence-electron chi connectivity index (χ0n) is 13.0. The number of carbonyl (C=O) groups is 2. The van der Waals surface area contributed by atoms with Gasteiger partial charge in [-0.25, -0.2) is 9.59 Å². The van der Waals surface area contributed by atoms with Crippen LogP contribution in [-0.4, -0.2) is 12.0 Å². The topological polar surface area (TPSA) is 81.4 Å². The van der Waals surface area contributed by atoms with Gasteiger partial charge in [-0.05, 0) is 23.8 Å². The molecule has 0 atom stereocenters. The van der Waals surface area contributed by atoms with E-state index in [2.05, 4.69) is 5.32 Å². The number of ether oxygens (including phenoxy) is 1. The van der Waals surface area contributed by atoms with Gasteiger partial charge < -0.3 is 15.8 Å². The van der Waals surface area contributed by atoms with Gasteiger partial charge in [0.05, 0.1) is 11.1 Å². The molecule has 0 saturated heterocycles. The van der Waals surface area contributed by atoms with Crippen LogP contribution in [-0.2, 0) is 24.1 Å². The van der Waals surface area contributed by atoms with E-state index in [0.717, 1.165) is 6.07 Å². The number of nitrogens with two attached hydrogens (primary N) is 1. The van der Waals surface area contributed by atoms with E-state index < -0.39 is 30.3 Å². The van der Waals surface area contributed by atoms with E-state index in [1.54, 1.807) is 12.1 Å². The van der Waals surface area contributed by atoms with E-state index >= 15 is 0 Å². The maximum atomic E-state index is 12.9. The van der Waals surface area contributed by atoms with Crippen molar-refractivity contribution in [1.29, 1.82) is 0 Å². The lowest BCUT2D eigenvalue weighted by Gasteiger charge is -2.13. The summed E-state index contributed by atoms with van der Waals surface area (Å²) in [6, 6.07) is 10.3. The Balaban J connectivity index is 2.00. The van der Waals surface area contributed by atoms with Crippen LogP contribution in [0.25, 0.3) is 0 Å². The van der Waals surface area contributed by atoms with E-state index in [-0.39, 0.29) is 17.7 Å². The number of halogens is 3. The predicted molar refractivity (Wildman–Crippen MR) is 83.4 cm³/mol. The summed E-state index contributed by atoms with van der Waals surface area (Å²) in [5.41, 5.74) is 4.89. The molecule has 3 N–H and O–H groups in total. The predicted octanol–water partition coefficient (Wildman–Crippen LogP) is 3.23. The molecule has 0 fully saturated rings. The van der Waals surface area contributed by atoms with Crippen LogP contribution in [0.15, 0.2) is 48.5 Å². The van der Waals surface area contributed by atoms with E-state index in [1.165, 1.54) is 30.3 Å². The minimum Gasteiger partial charge on any atom is -0.457 e. The second kappa shape index (κ2) is 7.69. The standard InChI is InChI=1S/C17H15F3N2O3/c18-17(19,20)14-4-2-1-3-13(14)10-25-15(23)12-7-5-11(6-8-12)9-22-16(21)24/h1-8H,9-10H2,(H3,21,22,24). The average molecular weight is 352 g/mol. The molecule has 0 radical (unpaired) electrons. The fourth-order valence-corrected chi connectivity index (χ4v) is 2.10. The van der Waals surface area contributed by atoms with E-state index in [1.807, 2.05) is 0 Å². The van der Waals surface area contributed by atoms with Crippen molar-refractivity contribution < 1.29 is 27.5 Å². The Morgan fingerprint density at radius 3 is 2.28 bits per heavy atom. The highest BCUT2D eigenvalue weighted by Crippen LogP contribution is 2.32. The highest BCUT2D eigenvalue weighted by atomic mass is 19.4. The number of carbonyl (C=O) groups excluding carboxylic acids is 2. The van der Waals surface area contributed by atoms with E-state index in [9.17, 15) is 22.8 Å². The molecule has 5 nitrogen and oxygen atoms in total. The van der Waals surface area contributed by atoms with Crippen molar-refractivity contribution in [3.8, 4) is 0 Å². The van der Waals surface area contributed by atoms with E-state index in [4.69, 9.17) is 10.5 Å². The van der Waals surface area contributed by atoms with Gasteiger partial charge in [-0.3, -0.25) is 0 Å². The van der Waals surface area contributed by atoms with Crippen LogP contribution in [0, 0.1) is 0 Å². The average Bonchev–Trinajstić information content (AvgIpc) is 2.57. The number of amides is 2. The normalized spacial score (nSPS) is 11.0. The molecule has 2 aromatic rings. The fraction of sp³-hybridized carbons (Fsp3) is 0.176. The third-order valence-electron chi connectivity index (χ3n) is 3.34. The van der Waals surface area contributed by atoms with Gasteiger partial charge in [-0.1, -0.05) is 30.3 Å². The van der Waals surface area contributed by atoms with Gasteiger partial charge >= 0.3 is 18.2 Å². The number of hydrogen-bond acceptors (Lipinski definition) is 3. The molecule has 0 aliphatic heterocycles. The molecule has 8 heteroatoms. The number of esters is 1. The summed E-state index contributed by atoms with van der Waals surface area (Å²) in [5.74, 6) is -0.744. The molecular formula is C17H15F3N2O3. The van der Waals surface area contributed by atoms with Crippen molar-refractivity contribution >= 4 is 12.0 Å². The summed E-state index contributed by atoms with van der Waals surface area (Å²) in [6.45, 7) is -0.289. The monoisotopic (exact) mass is 352 g/mol. The summed E-state index contributed by atoms with van der Waals surface area (Å²) >= 11 is 0. The van der Waals surface area contributed by atoms with Crippen molar-refractivity contribution in [3.63, 3.8) is 0 Å². The van der Waals surface area contributed by atoms with Crippen molar-refractivity contribution in [2.75, 3.05) is 0 Å². The van der Waals surface area contributed by atoms with E-state index in [0.29, 0.717) is 5.56 Å². The molecule has 0 aliphatic carbocycles. The molecule has 25 heavy (non-hydrogen) atoms. The minimum absolute atomic E-state index is 0.120. The third-order valence-corrected chi connectivity index (χ3v) is 3.34. The van der Waals surface area contributed by atoms with Gasteiger partial charge in [0, 0.05) is 12.1 Å². The van der Waals surface area contributed by atoms with Crippen LogP contribution in [0.3, 0.4) is 0 Å². The summed E-state index contributed by atoms with van der Waals surface area (Å²) in [6.07, 6.45) is -4.52. The van der Waals surface area contributed by atoms with Gasteiger partial charge in [-0.15, -0.1) is 0 Å². The lowest BCUT2D eigenvalue weighted by atomic mass is 10.1. The molecule has 132 valence electrons. The first-order chi connectivity index (χ1) is 11.8. The lowest BCUT2D eigenvalue weighted by molar-refractivity contribution is -0.138. The molecule has 2 rings (SSSR count). The highest BCUT2D eigenvalue weighted by Gasteiger charge is 2.33. The molecule has 0 spiro atoms. The largest absolute Gasteiger partial charge is 0.457 e. The van der Waals surface area contributed by atoms with Crippen LogP contribution in [0.2, 0.25) is 0 Å². The van der Waals surface area contributed by atoms with Crippen molar-refractivity contribution in [2.45, 2.75) is 19.3 Å². The molecule has 0 aliphatic rings. The number of rotatable bonds is 5. The molecule has 0 heterocycles. The zero-order valence-corrected chi connectivity index (χ0v) is 13.0. The van der Waals surface area contributed by atoms with Crippen molar-refractivity contribution in [1.82, 2.24) is 5.32 Å². The first-order valence-corrected chi connectivity index (χ1v) is 7.22. The second-order valence-electron chi connectivity index (χ2n) is 5.15. The number of hydrogen-bond donors (Lipinski definition) is 2. The molecule has 0 saturated carbocycles. The quantitative estimate of drug-likeness (QED) is 0.811. The Morgan fingerprint density at radius 1 is 1.04 bits per heavy atom. The van der Waals surface area contributed by atoms with Crippen LogP contribution in [0.4, 0.5) is 18.0 Å². The third kappa shape index (κ3) is 5.23. The van der Waals surface area contributed by atoms with Crippen LogP contribution in [0.5, 0.6) is 0 Å². The number of benzene rings is 2. The van der Waals surface area contributed by atoms with Gasteiger partial charge in [0.1, 0.15) is 6.61 Å². The lowest BCUT2D eigenvalue weighted by Crippen LogP contribution is -2.28. The first-order valence-electron chi connectivity index (χ1n) is 7.22. The maximum Gasteiger partial charge on any atom is 0.416 e. The molecular weight excluding hydrogens is 337 g/mol. The summed E-state index contributed by atoms with van der Waals surface area (Å²) in [7, 11) is 0. The number of nitrogens with one attached hydrogen (secondary N) is 1. The molecule has 0 bridgehead atoms. The summed E-state index contributed by atoms with van der Waals surface area (Å²) in [4.78, 5) is 22.6. The summed E-state index contributed by atoms with van der Waals surface area (Å²) < 4.78 is 43.6. The van der Waals surface area contributed by atoms with Crippen molar-refractivity contribution in [3.05, 3.63) is 70.8 Å². The highest BCUT2D eigenvalue weighted by molar-refractivity contribution is 5.89.